The van der Waals surface area contributed by atoms with Crippen molar-refractivity contribution in [1.82, 2.24) is 4.90 Å². The highest BCUT2D eigenvalue weighted by atomic mass is 16.3. The first-order valence-corrected chi connectivity index (χ1v) is 4.68. The molecule has 0 aromatic rings. The zero-order chi connectivity index (χ0) is 9.03. The quantitative estimate of drug-likeness (QED) is 0.641. The summed E-state index contributed by atoms with van der Waals surface area (Å²) in [5, 5.41) is 18.6. The summed E-state index contributed by atoms with van der Waals surface area (Å²) in [4.78, 5) is 2.23. The van der Waals surface area contributed by atoms with Gasteiger partial charge < -0.3 is 15.1 Å². The first kappa shape index (κ1) is 9.96. The van der Waals surface area contributed by atoms with E-state index in [1.807, 2.05) is 0 Å². The Morgan fingerprint density at radius 1 is 1.33 bits per heavy atom. The first-order chi connectivity index (χ1) is 5.66. The lowest BCUT2D eigenvalue weighted by Gasteiger charge is -2.36. The van der Waals surface area contributed by atoms with Crippen molar-refractivity contribution >= 4 is 0 Å². The van der Waals surface area contributed by atoms with Crippen LogP contribution >= 0.6 is 0 Å². The predicted molar refractivity (Wildman–Crippen MR) is 48.0 cm³/mol. The van der Waals surface area contributed by atoms with Crippen LogP contribution < -0.4 is 0 Å². The largest absolute Gasteiger partial charge is 0.396 e. The molecule has 0 atom stereocenters. The van der Waals surface area contributed by atoms with Gasteiger partial charge in [-0.2, -0.15) is 0 Å². The Kier molecular flexibility index (Phi) is 3.50. The monoisotopic (exact) mass is 173 g/mol. The summed E-state index contributed by atoms with van der Waals surface area (Å²) in [6.07, 6.45) is 3.17. The van der Waals surface area contributed by atoms with E-state index in [9.17, 15) is 5.11 Å². The third-order valence-corrected chi connectivity index (χ3v) is 2.72. The molecule has 0 saturated carbocycles. The third kappa shape index (κ3) is 2.73. The summed E-state index contributed by atoms with van der Waals surface area (Å²) >= 11 is 0. The topological polar surface area (TPSA) is 43.7 Å². The molecule has 0 radical (unpaired) electrons. The summed E-state index contributed by atoms with van der Waals surface area (Å²) in [6.45, 7) is 2.14. The lowest BCUT2D eigenvalue weighted by molar-refractivity contribution is -0.0263. The third-order valence-electron chi connectivity index (χ3n) is 2.72. The number of hydrogen-bond donors (Lipinski definition) is 2. The zero-order valence-corrected chi connectivity index (χ0v) is 7.79. The number of aliphatic hydroxyl groups is 2. The van der Waals surface area contributed by atoms with Crippen LogP contribution in [0.1, 0.15) is 25.7 Å². The smallest absolute Gasteiger partial charge is 0.0673 e. The van der Waals surface area contributed by atoms with Gasteiger partial charge in [-0.3, -0.25) is 0 Å². The van der Waals surface area contributed by atoms with Gasteiger partial charge in [0.2, 0.25) is 0 Å². The van der Waals surface area contributed by atoms with Crippen LogP contribution in [-0.2, 0) is 0 Å². The van der Waals surface area contributed by atoms with E-state index in [0.29, 0.717) is 0 Å². The van der Waals surface area contributed by atoms with Gasteiger partial charge in [0, 0.05) is 19.7 Å². The lowest BCUT2D eigenvalue weighted by atomic mass is 9.87. The molecule has 72 valence electrons. The number of nitrogens with zero attached hydrogens (tertiary/aromatic N) is 1. The van der Waals surface area contributed by atoms with Gasteiger partial charge in [0.1, 0.15) is 0 Å². The molecule has 1 aliphatic heterocycles. The lowest BCUT2D eigenvalue weighted by Crippen LogP contribution is -2.42. The molecule has 0 aromatic heterocycles. The second-order valence-corrected chi connectivity index (χ2v) is 3.85. The minimum absolute atomic E-state index is 0.193. The van der Waals surface area contributed by atoms with E-state index >= 15 is 0 Å². The van der Waals surface area contributed by atoms with Crippen molar-refractivity contribution in [2.45, 2.75) is 31.3 Å². The number of aliphatic hydroxyl groups excluding tert-OH is 1. The van der Waals surface area contributed by atoms with E-state index < -0.39 is 5.60 Å². The molecule has 3 heteroatoms. The Hall–Kier alpha value is -0.120. The van der Waals surface area contributed by atoms with Crippen molar-refractivity contribution in [2.24, 2.45) is 0 Å². The van der Waals surface area contributed by atoms with Crippen molar-refractivity contribution in [3.8, 4) is 0 Å². The number of hydrogen-bond acceptors (Lipinski definition) is 3. The Morgan fingerprint density at radius 2 is 1.92 bits per heavy atom. The van der Waals surface area contributed by atoms with Crippen LogP contribution in [0.2, 0.25) is 0 Å². The van der Waals surface area contributed by atoms with Crippen LogP contribution in [0, 0.1) is 0 Å². The van der Waals surface area contributed by atoms with Crippen LogP contribution in [0.4, 0.5) is 0 Å². The van der Waals surface area contributed by atoms with Gasteiger partial charge in [-0.15, -0.1) is 0 Å². The summed E-state index contributed by atoms with van der Waals surface area (Å²) in [6, 6.07) is 0. The Bertz CT molecular complexity index is 125. The van der Waals surface area contributed by atoms with Crippen molar-refractivity contribution in [1.29, 1.82) is 0 Å². The van der Waals surface area contributed by atoms with Gasteiger partial charge in [-0.25, -0.2) is 0 Å². The molecule has 0 bridgehead atoms. The molecular formula is C9H19NO2. The molecule has 0 amide bonds. The normalized spacial score (nSPS) is 24.2. The van der Waals surface area contributed by atoms with Gasteiger partial charge in [0.05, 0.1) is 5.60 Å². The first-order valence-electron chi connectivity index (χ1n) is 4.68. The molecule has 2 N–H and O–H groups in total. The summed E-state index contributed by atoms with van der Waals surface area (Å²) < 4.78 is 0. The van der Waals surface area contributed by atoms with E-state index in [1.165, 1.54) is 0 Å². The molecular weight excluding hydrogens is 154 g/mol. The van der Waals surface area contributed by atoms with Gasteiger partial charge >= 0.3 is 0 Å². The van der Waals surface area contributed by atoms with Gasteiger partial charge in [-0.1, -0.05) is 0 Å². The molecule has 1 saturated heterocycles. The molecule has 1 fully saturated rings. The molecule has 1 aliphatic rings. The maximum atomic E-state index is 9.98. The fourth-order valence-corrected chi connectivity index (χ4v) is 1.69. The van der Waals surface area contributed by atoms with Crippen LogP contribution in [0.5, 0.6) is 0 Å². The summed E-state index contributed by atoms with van der Waals surface area (Å²) in [7, 11) is 2.08. The van der Waals surface area contributed by atoms with E-state index in [4.69, 9.17) is 5.11 Å². The van der Waals surface area contributed by atoms with E-state index in [0.717, 1.165) is 38.8 Å². The van der Waals surface area contributed by atoms with E-state index in [1.54, 1.807) is 0 Å². The van der Waals surface area contributed by atoms with E-state index in [2.05, 4.69) is 11.9 Å². The fraction of sp³-hybridized carbons (Fsp3) is 1.00. The Balaban J connectivity index is 2.29. The Labute approximate surface area is 74.0 Å². The minimum atomic E-state index is -0.491. The van der Waals surface area contributed by atoms with Gasteiger partial charge in [-0.05, 0) is 32.7 Å². The van der Waals surface area contributed by atoms with Crippen molar-refractivity contribution in [3.05, 3.63) is 0 Å². The maximum Gasteiger partial charge on any atom is 0.0673 e. The molecule has 12 heavy (non-hydrogen) atoms. The minimum Gasteiger partial charge on any atom is -0.396 e. The highest BCUT2D eigenvalue weighted by Crippen LogP contribution is 2.25. The summed E-state index contributed by atoms with van der Waals surface area (Å²) in [5.74, 6) is 0. The maximum absolute atomic E-state index is 9.98. The van der Waals surface area contributed by atoms with Gasteiger partial charge in [0.15, 0.2) is 0 Å². The highest BCUT2D eigenvalue weighted by Gasteiger charge is 2.29. The number of likely N-dealkylation sites (tertiary alicyclic amines) is 1. The van der Waals surface area contributed by atoms with Crippen molar-refractivity contribution in [3.63, 3.8) is 0 Å². The molecule has 1 heterocycles. The SMILES string of the molecule is CN1CCC(O)(CCCO)CC1. The Morgan fingerprint density at radius 3 is 2.42 bits per heavy atom. The van der Waals surface area contributed by atoms with Crippen LogP contribution in [-0.4, -0.2) is 47.5 Å². The van der Waals surface area contributed by atoms with Crippen LogP contribution in [0.3, 0.4) is 0 Å². The second kappa shape index (κ2) is 4.21. The highest BCUT2D eigenvalue weighted by molar-refractivity contribution is 4.84. The molecule has 0 aliphatic carbocycles. The van der Waals surface area contributed by atoms with Crippen LogP contribution in [0.15, 0.2) is 0 Å². The zero-order valence-electron chi connectivity index (χ0n) is 7.79. The molecule has 0 spiro atoms. The molecule has 0 unspecified atom stereocenters. The van der Waals surface area contributed by atoms with Crippen LogP contribution in [0.25, 0.3) is 0 Å². The summed E-state index contributed by atoms with van der Waals surface area (Å²) in [5.41, 5.74) is -0.491. The molecule has 0 aromatic carbocycles. The fourth-order valence-electron chi connectivity index (χ4n) is 1.69. The molecule has 3 nitrogen and oxygen atoms in total. The second-order valence-electron chi connectivity index (χ2n) is 3.85. The predicted octanol–water partition coefficient (Wildman–Crippen LogP) is 0.216. The van der Waals surface area contributed by atoms with Crippen molar-refractivity contribution < 1.29 is 10.2 Å². The van der Waals surface area contributed by atoms with Gasteiger partial charge in [0.25, 0.3) is 0 Å². The average Bonchev–Trinajstić information content (AvgIpc) is 2.08. The standard InChI is InChI=1S/C9H19NO2/c1-10-6-4-9(12,5-7-10)3-2-8-11/h11-12H,2-8H2,1H3. The van der Waals surface area contributed by atoms with E-state index in [-0.39, 0.29) is 6.61 Å². The number of piperidine rings is 1. The molecule has 1 rings (SSSR count). The average molecular weight is 173 g/mol. The van der Waals surface area contributed by atoms with Crippen molar-refractivity contribution in [2.75, 3.05) is 26.7 Å². The number of rotatable bonds is 3.